The molecule has 1 fully saturated rings. The molecule has 0 spiro atoms. The van der Waals surface area contributed by atoms with Gasteiger partial charge < -0.3 is 4.74 Å². The van der Waals surface area contributed by atoms with Gasteiger partial charge in [0.25, 0.3) is 16.3 Å². The van der Waals surface area contributed by atoms with Crippen molar-refractivity contribution < 1.29 is 26.5 Å². The molecular weight excluding hydrogens is 179 g/mol. The molecule has 50 valence electrons. The summed E-state index contributed by atoms with van der Waals surface area (Å²) < 4.78 is 6.05. The van der Waals surface area contributed by atoms with Gasteiger partial charge in [-0.3, -0.25) is 0 Å². The van der Waals surface area contributed by atoms with Gasteiger partial charge in [-0.05, 0) is 16.9 Å². The van der Waals surface area contributed by atoms with Crippen LogP contribution < -0.4 is 0 Å². The molecule has 0 saturated carbocycles. The Morgan fingerprint density at radius 1 is 1.44 bits per heavy atom. The summed E-state index contributed by atoms with van der Waals surface area (Å²) in [5, 5.41) is 0. The molecule has 0 aromatic carbocycles. The SMILES string of the molecule is [AlH2][C]1([SiH3])CCCCO1.[Ti]. The molecule has 0 amide bonds. The molecule has 1 unspecified atom stereocenters. The Morgan fingerprint density at radius 3 is 2.33 bits per heavy atom. The molecule has 1 aliphatic heterocycles. The molecule has 4 heteroatoms. The molecule has 1 heterocycles. The van der Waals surface area contributed by atoms with Crippen molar-refractivity contribution in [3.05, 3.63) is 0 Å². The summed E-state index contributed by atoms with van der Waals surface area (Å²) >= 11 is 1.25. The first kappa shape index (κ1) is 10.4. The summed E-state index contributed by atoms with van der Waals surface area (Å²) in [4.78, 5) is 0. The molecule has 1 saturated heterocycles. The van der Waals surface area contributed by atoms with Crippen LogP contribution in [0.25, 0.3) is 0 Å². The van der Waals surface area contributed by atoms with Crippen molar-refractivity contribution in [2.75, 3.05) is 6.61 Å². The Labute approximate surface area is 82.6 Å². The maximum absolute atomic E-state index is 5.59. The van der Waals surface area contributed by atoms with Gasteiger partial charge in [0.15, 0.2) is 0 Å². The first-order valence-corrected chi connectivity index (χ1v) is 5.35. The van der Waals surface area contributed by atoms with Crippen LogP contribution in [0.15, 0.2) is 0 Å². The molecule has 1 nitrogen and oxygen atoms in total. The van der Waals surface area contributed by atoms with Crippen LogP contribution in [0.5, 0.6) is 0 Å². The van der Waals surface area contributed by atoms with Crippen LogP contribution >= 0.6 is 0 Å². The van der Waals surface area contributed by atoms with E-state index >= 15 is 0 Å². The zero-order chi connectivity index (χ0) is 6.04. The topological polar surface area (TPSA) is 9.23 Å². The zero-order valence-corrected chi connectivity index (χ0v) is 11.8. The van der Waals surface area contributed by atoms with E-state index in [9.17, 15) is 0 Å². The van der Waals surface area contributed by atoms with E-state index in [-0.39, 0.29) is 21.7 Å². The monoisotopic (exact) mass is 192 g/mol. The van der Waals surface area contributed by atoms with Crippen LogP contribution in [0.2, 0.25) is 0 Å². The Bertz CT molecular complexity index is 81.0. The van der Waals surface area contributed by atoms with E-state index in [0.717, 1.165) is 6.61 Å². The van der Waals surface area contributed by atoms with Crippen molar-refractivity contribution in [1.82, 2.24) is 0 Å². The quantitative estimate of drug-likeness (QED) is 0.440. The smallest absolute Gasteiger partial charge is 0.257 e. The molecule has 0 aromatic rings. The second-order valence-electron chi connectivity index (χ2n) is 3.07. The maximum Gasteiger partial charge on any atom is 0.257 e. The predicted octanol–water partition coefficient (Wildman–Crippen LogP) is -1.16. The van der Waals surface area contributed by atoms with Gasteiger partial charge in [0.2, 0.25) is 0 Å². The minimum Gasteiger partial charge on any atom is -0.395 e. The van der Waals surface area contributed by atoms with Crippen LogP contribution in [0, 0.1) is 0 Å². The fourth-order valence-corrected chi connectivity index (χ4v) is 2.19. The average molecular weight is 192 g/mol. The minimum atomic E-state index is 0. The van der Waals surface area contributed by atoms with Gasteiger partial charge in [0.05, 0.1) is 0 Å². The van der Waals surface area contributed by atoms with Gasteiger partial charge in [-0.2, -0.15) is 0 Å². The summed E-state index contributed by atoms with van der Waals surface area (Å²) in [6.45, 7) is 1.03. The molecule has 0 aromatic heterocycles. The van der Waals surface area contributed by atoms with Crippen molar-refractivity contribution in [2.24, 2.45) is 0 Å². The van der Waals surface area contributed by atoms with Gasteiger partial charge in [-0.1, -0.05) is 6.42 Å². The molecular formula is C5H13AlOSiTi. The predicted molar refractivity (Wildman–Crippen MR) is 41.0 cm³/mol. The van der Waals surface area contributed by atoms with Crippen molar-refractivity contribution in [1.29, 1.82) is 0 Å². The number of rotatable bonds is 0. The number of hydrogen-bond donors (Lipinski definition) is 0. The van der Waals surface area contributed by atoms with E-state index in [1.165, 1.54) is 45.8 Å². The first-order chi connectivity index (χ1) is 3.71. The van der Waals surface area contributed by atoms with Gasteiger partial charge in [0.1, 0.15) is 0 Å². The first-order valence-electron chi connectivity index (χ1n) is 3.35. The van der Waals surface area contributed by atoms with E-state index in [1.807, 2.05) is 0 Å². The summed E-state index contributed by atoms with van der Waals surface area (Å²) in [6, 6.07) is 0. The van der Waals surface area contributed by atoms with E-state index in [2.05, 4.69) is 0 Å². The zero-order valence-electron chi connectivity index (χ0n) is 6.24. The number of ether oxygens (including phenoxy) is 1. The fourth-order valence-electron chi connectivity index (χ4n) is 1.07. The summed E-state index contributed by atoms with van der Waals surface area (Å²) in [5.74, 6) is 0. The Morgan fingerprint density at radius 2 is 2.11 bits per heavy atom. The van der Waals surface area contributed by atoms with E-state index in [1.54, 1.807) is 0 Å². The third-order valence-corrected chi connectivity index (χ3v) is 3.24. The summed E-state index contributed by atoms with van der Waals surface area (Å²) in [7, 11) is 1.25. The van der Waals surface area contributed by atoms with Gasteiger partial charge in [0, 0.05) is 38.6 Å². The van der Waals surface area contributed by atoms with Crippen LogP contribution in [-0.4, -0.2) is 37.2 Å². The Hall–Kier alpha value is 1.42. The van der Waals surface area contributed by atoms with Crippen molar-refractivity contribution >= 4 is 26.5 Å². The number of hydrogen-bond acceptors (Lipinski definition) is 1. The average Bonchev–Trinajstić information content (AvgIpc) is 1.65. The third kappa shape index (κ3) is 3.98. The van der Waals surface area contributed by atoms with Crippen molar-refractivity contribution in [2.45, 2.75) is 23.3 Å². The molecule has 0 bridgehead atoms. The maximum atomic E-state index is 5.59. The van der Waals surface area contributed by atoms with Crippen LogP contribution in [-0.2, 0) is 26.5 Å². The third-order valence-electron chi connectivity index (χ3n) is 1.67. The second-order valence-corrected chi connectivity index (χ2v) is 9.30. The van der Waals surface area contributed by atoms with Crippen LogP contribution in [0.1, 0.15) is 19.3 Å². The molecule has 1 aliphatic rings. The fraction of sp³-hybridized carbons (Fsp3) is 1.00. The standard InChI is InChI=1S/C5H11OSi.Al.Ti.2H/c7-5-3-1-2-4-6-5;;;;/h1-4H2,7H3;;;;. The summed E-state index contributed by atoms with van der Waals surface area (Å²) in [6.07, 6.45) is 4.06. The van der Waals surface area contributed by atoms with Gasteiger partial charge in [-0.25, -0.2) is 0 Å². The Kier molecular flexibility index (Phi) is 5.02. The molecule has 0 radical (unpaired) electrons. The van der Waals surface area contributed by atoms with E-state index in [0.29, 0.717) is 4.09 Å². The molecule has 1 atom stereocenters. The molecule has 0 N–H and O–H groups in total. The Balaban J connectivity index is 0.000000640. The molecule has 0 aliphatic carbocycles. The minimum absolute atomic E-state index is 0. The van der Waals surface area contributed by atoms with Gasteiger partial charge in [-0.15, -0.1) is 0 Å². The largest absolute Gasteiger partial charge is 0.395 e. The van der Waals surface area contributed by atoms with Gasteiger partial charge >= 0.3 is 0 Å². The second kappa shape index (κ2) is 4.33. The van der Waals surface area contributed by atoms with Crippen LogP contribution in [0.3, 0.4) is 0 Å². The molecule has 9 heavy (non-hydrogen) atoms. The summed E-state index contributed by atoms with van der Waals surface area (Å²) in [5.41, 5.74) is 0. The van der Waals surface area contributed by atoms with Crippen molar-refractivity contribution in [3.8, 4) is 0 Å². The van der Waals surface area contributed by atoms with E-state index < -0.39 is 0 Å². The van der Waals surface area contributed by atoms with Crippen molar-refractivity contribution in [3.63, 3.8) is 0 Å². The van der Waals surface area contributed by atoms with Crippen LogP contribution in [0.4, 0.5) is 0 Å². The normalized spacial score (nSPS) is 35.6. The molecule has 1 rings (SSSR count). The van der Waals surface area contributed by atoms with E-state index in [4.69, 9.17) is 4.74 Å².